The maximum Gasteiger partial charge on any atom is 0.270 e. The molecule has 0 aliphatic carbocycles. The van der Waals surface area contributed by atoms with Crippen LogP contribution in [0.2, 0.25) is 0 Å². The minimum Gasteiger partial charge on any atom is -0.325 e. The number of anilines is 2. The lowest BCUT2D eigenvalue weighted by Crippen LogP contribution is -2.14. The number of carbonyl (C=O) groups is 2. The highest BCUT2D eigenvalue weighted by atomic mass is 79.9. The molecule has 0 aliphatic heterocycles. The molecule has 0 aliphatic rings. The van der Waals surface area contributed by atoms with E-state index in [9.17, 15) is 19.7 Å². The van der Waals surface area contributed by atoms with E-state index in [1.165, 1.54) is 36.0 Å². The molecule has 9 heteroatoms. The zero-order valence-corrected chi connectivity index (χ0v) is 17.9. The van der Waals surface area contributed by atoms with Gasteiger partial charge in [0.25, 0.3) is 11.6 Å². The lowest BCUT2D eigenvalue weighted by molar-refractivity contribution is -0.384. The first kappa shape index (κ1) is 21.5. The average molecular weight is 486 g/mol. The number of halogens is 1. The van der Waals surface area contributed by atoms with Gasteiger partial charge in [0.15, 0.2) is 0 Å². The smallest absolute Gasteiger partial charge is 0.270 e. The Morgan fingerprint density at radius 2 is 1.57 bits per heavy atom. The van der Waals surface area contributed by atoms with Gasteiger partial charge >= 0.3 is 0 Å². The van der Waals surface area contributed by atoms with E-state index >= 15 is 0 Å². The summed E-state index contributed by atoms with van der Waals surface area (Å²) in [6.07, 6.45) is 0. The van der Waals surface area contributed by atoms with Crippen LogP contribution in [0.4, 0.5) is 17.1 Å². The van der Waals surface area contributed by atoms with Crippen LogP contribution in [0.5, 0.6) is 0 Å². The number of non-ortho nitro benzene ring substituents is 1. The maximum atomic E-state index is 12.3. The molecule has 30 heavy (non-hydrogen) atoms. The van der Waals surface area contributed by atoms with Gasteiger partial charge in [-0.05, 0) is 54.6 Å². The number of amides is 2. The van der Waals surface area contributed by atoms with Crippen LogP contribution >= 0.6 is 27.7 Å². The largest absolute Gasteiger partial charge is 0.325 e. The summed E-state index contributed by atoms with van der Waals surface area (Å²) in [5.74, 6) is -0.312. The van der Waals surface area contributed by atoms with Crippen molar-refractivity contribution in [1.82, 2.24) is 0 Å². The second kappa shape index (κ2) is 10.0. The van der Waals surface area contributed by atoms with Crippen LogP contribution in [0.3, 0.4) is 0 Å². The molecule has 0 fully saturated rings. The minimum absolute atomic E-state index is 0.120. The summed E-state index contributed by atoms with van der Waals surface area (Å²) < 4.78 is 0.938. The quantitative estimate of drug-likeness (QED) is 0.267. The summed E-state index contributed by atoms with van der Waals surface area (Å²) in [7, 11) is 0. The van der Waals surface area contributed by atoms with Gasteiger partial charge in [-0.2, -0.15) is 0 Å². The molecule has 0 bridgehead atoms. The van der Waals surface area contributed by atoms with Gasteiger partial charge in [-0.15, -0.1) is 11.8 Å². The molecule has 2 amide bonds. The normalized spacial score (nSPS) is 10.3. The van der Waals surface area contributed by atoms with E-state index in [1.54, 1.807) is 24.3 Å². The maximum absolute atomic E-state index is 12.3. The number of rotatable bonds is 7. The Kier molecular flexibility index (Phi) is 7.21. The first-order valence-corrected chi connectivity index (χ1v) is 10.5. The number of nitro groups is 1. The zero-order chi connectivity index (χ0) is 21.5. The fourth-order valence-electron chi connectivity index (χ4n) is 2.48. The van der Waals surface area contributed by atoms with Gasteiger partial charge in [-0.3, -0.25) is 19.7 Å². The molecule has 0 atom stereocenters. The van der Waals surface area contributed by atoms with Crippen molar-refractivity contribution in [2.24, 2.45) is 0 Å². The van der Waals surface area contributed by atoms with Crippen molar-refractivity contribution in [2.45, 2.75) is 4.90 Å². The van der Waals surface area contributed by atoms with Crippen LogP contribution in [0.15, 0.2) is 82.2 Å². The monoisotopic (exact) mass is 485 g/mol. The molecule has 0 spiro atoms. The van der Waals surface area contributed by atoms with Crippen molar-refractivity contribution in [2.75, 3.05) is 16.4 Å². The van der Waals surface area contributed by atoms with Gasteiger partial charge in [0.05, 0.1) is 10.7 Å². The molecule has 0 saturated carbocycles. The van der Waals surface area contributed by atoms with Crippen LogP contribution in [0, 0.1) is 10.1 Å². The fourth-order valence-corrected chi connectivity index (χ4v) is 3.44. The number of nitrogens with zero attached hydrogens (tertiary/aromatic N) is 1. The van der Waals surface area contributed by atoms with Gasteiger partial charge < -0.3 is 10.6 Å². The van der Waals surface area contributed by atoms with Crippen LogP contribution in [0.1, 0.15) is 10.4 Å². The summed E-state index contributed by atoms with van der Waals surface area (Å²) in [4.78, 5) is 35.5. The van der Waals surface area contributed by atoms with E-state index in [-0.39, 0.29) is 22.9 Å². The summed E-state index contributed by atoms with van der Waals surface area (Å²) in [6.45, 7) is 0. The van der Waals surface area contributed by atoms with E-state index in [0.717, 1.165) is 15.1 Å². The van der Waals surface area contributed by atoms with Gasteiger partial charge in [0.1, 0.15) is 0 Å². The van der Waals surface area contributed by atoms with E-state index in [4.69, 9.17) is 0 Å². The van der Waals surface area contributed by atoms with Gasteiger partial charge in [-0.25, -0.2) is 0 Å². The molecule has 0 aromatic heterocycles. The van der Waals surface area contributed by atoms with Crippen molar-refractivity contribution in [1.29, 1.82) is 0 Å². The Morgan fingerprint density at radius 3 is 2.23 bits per heavy atom. The number of benzene rings is 3. The van der Waals surface area contributed by atoms with Crippen LogP contribution in [0.25, 0.3) is 0 Å². The lowest BCUT2D eigenvalue weighted by atomic mass is 10.2. The molecule has 0 radical (unpaired) electrons. The predicted octanol–water partition coefficient (Wildman–Crippen LogP) is 5.34. The van der Waals surface area contributed by atoms with E-state index in [2.05, 4.69) is 26.6 Å². The Bertz CT molecular complexity index is 1070. The molecule has 0 heterocycles. The fraction of sp³-hybridized carbons (Fsp3) is 0.0476. The highest BCUT2D eigenvalue weighted by molar-refractivity contribution is 9.10. The van der Waals surface area contributed by atoms with Crippen molar-refractivity contribution >= 4 is 56.6 Å². The molecule has 7 nitrogen and oxygen atoms in total. The third kappa shape index (κ3) is 6.16. The highest BCUT2D eigenvalue weighted by Crippen LogP contribution is 2.22. The SMILES string of the molecule is O=C(CSc1ccc(NC(=O)c2cccc([N+](=O)[O-])c2)cc1)Nc1ccc(Br)cc1. The van der Waals surface area contributed by atoms with Crippen LogP contribution in [-0.4, -0.2) is 22.5 Å². The second-order valence-electron chi connectivity index (χ2n) is 6.13. The van der Waals surface area contributed by atoms with E-state index in [1.807, 2.05) is 24.3 Å². The number of hydrogen-bond acceptors (Lipinski definition) is 5. The molecule has 3 aromatic carbocycles. The topological polar surface area (TPSA) is 101 Å². The molecule has 152 valence electrons. The first-order valence-electron chi connectivity index (χ1n) is 8.75. The Hall–Kier alpha value is -3.17. The number of nitro benzene ring substituents is 1. The zero-order valence-electron chi connectivity index (χ0n) is 15.5. The van der Waals surface area contributed by atoms with Crippen molar-refractivity contribution in [3.8, 4) is 0 Å². The van der Waals surface area contributed by atoms with Crippen LogP contribution < -0.4 is 10.6 Å². The summed E-state index contributed by atoms with van der Waals surface area (Å²) in [5, 5.41) is 16.4. The standard InChI is InChI=1S/C21H16BrN3O4S/c22-15-4-6-16(7-5-15)23-20(26)13-30-19-10-8-17(9-11-19)24-21(27)14-2-1-3-18(12-14)25(28)29/h1-12H,13H2,(H,23,26)(H,24,27). The summed E-state index contributed by atoms with van der Waals surface area (Å²) in [6, 6.07) is 19.9. The van der Waals surface area contributed by atoms with E-state index < -0.39 is 10.8 Å². The molecular formula is C21H16BrN3O4S. The lowest BCUT2D eigenvalue weighted by Gasteiger charge is -2.07. The predicted molar refractivity (Wildman–Crippen MR) is 121 cm³/mol. The molecule has 3 aromatic rings. The number of thioether (sulfide) groups is 1. The Morgan fingerprint density at radius 1 is 0.933 bits per heavy atom. The van der Waals surface area contributed by atoms with Crippen molar-refractivity contribution in [3.63, 3.8) is 0 Å². The third-order valence-electron chi connectivity index (χ3n) is 3.93. The second-order valence-corrected chi connectivity index (χ2v) is 8.09. The van der Waals surface area contributed by atoms with E-state index in [0.29, 0.717) is 5.69 Å². The minimum atomic E-state index is -0.546. The first-order chi connectivity index (χ1) is 14.4. The Labute approximate surface area is 185 Å². The molecular weight excluding hydrogens is 470 g/mol. The molecule has 3 rings (SSSR count). The molecule has 0 unspecified atom stereocenters. The molecule has 2 N–H and O–H groups in total. The molecule has 0 saturated heterocycles. The summed E-state index contributed by atoms with van der Waals surface area (Å²) in [5.41, 5.74) is 1.33. The van der Waals surface area contributed by atoms with Crippen LogP contribution in [-0.2, 0) is 4.79 Å². The average Bonchev–Trinajstić information content (AvgIpc) is 2.75. The number of hydrogen-bond donors (Lipinski definition) is 2. The van der Waals surface area contributed by atoms with Crippen molar-refractivity contribution in [3.05, 3.63) is 92.9 Å². The van der Waals surface area contributed by atoms with Crippen molar-refractivity contribution < 1.29 is 14.5 Å². The van der Waals surface area contributed by atoms with Gasteiger partial charge in [0, 0.05) is 38.4 Å². The highest BCUT2D eigenvalue weighted by Gasteiger charge is 2.12. The Balaban J connectivity index is 1.52. The third-order valence-corrected chi connectivity index (χ3v) is 5.47. The summed E-state index contributed by atoms with van der Waals surface area (Å²) >= 11 is 4.72. The van der Waals surface area contributed by atoms with Gasteiger partial charge in [0.2, 0.25) is 5.91 Å². The number of carbonyl (C=O) groups excluding carboxylic acids is 2. The van der Waals surface area contributed by atoms with Gasteiger partial charge in [-0.1, -0.05) is 22.0 Å². The number of nitrogens with one attached hydrogen (secondary N) is 2.